The first kappa shape index (κ1) is 23.3. The standard InChI is InChI=1S/C27H28N4O3S/c32-26(21-5-3-20(4-6-21)19-28-27(33)25-2-1-17-35-25)29-23-7-8-24-22(18-23)9-10-31(24)12-11-30-13-15-34-16-14-30/h1-10,17-18H,11-16,19H2,(H,28,33)(H,29,32). The van der Waals surface area contributed by atoms with Gasteiger partial charge in [0.2, 0.25) is 0 Å². The van der Waals surface area contributed by atoms with Gasteiger partial charge in [0.1, 0.15) is 0 Å². The zero-order valence-corrected chi connectivity index (χ0v) is 20.2. The first-order valence-corrected chi connectivity index (χ1v) is 12.6. The van der Waals surface area contributed by atoms with E-state index in [1.54, 1.807) is 18.2 Å². The Morgan fingerprint density at radius 1 is 0.943 bits per heavy atom. The van der Waals surface area contributed by atoms with Crippen LogP contribution in [0.1, 0.15) is 25.6 Å². The van der Waals surface area contributed by atoms with E-state index in [-0.39, 0.29) is 11.8 Å². The van der Waals surface area contributed by atoms with Crippen molar-refractivity contribution in [2.75, 3.05) is 38.2 Å². The Bertz CT molecular complexity index is 1290. The Morgan fingerprint density at radius 2 is 1.77 bits per heavy atom. The van der Waals surface area contributed by atoms with E-state index in [0.717, 1.165) is 61.5 Å². The molecule has 2 N–H and O–H groups in total. The van der Waals surface area contributed by atoms with Gasteiger partial charge < -0.3 is 19.9 Å². The topological polar surface area (TPSA) is 75.6 Å². The molecule has 0 radical (unpaired) electrons. The summed E-state index contributed by atoms with van der Waals surface area (Å²) in [7, 11) is 0. The van der Waals surface area contributed by atoms with Crippen LogP contribution in [-0.2, 0) is 17.8 Å². The van der Waals surface area contributed by atoms with E-state index in [2.05, 4.69) is 38.4 Å². The third-order valence-corrected chi connectivity index (χ3v) is 7.07. The van der Waals surface area contributed by atoms with Crippen molar-refractivity contribution in [3.63, 3.8) is 0 Å². The number of fused-ring (bicyclic) bond motifs is 1. The lowest BCUT2D eigenvalue weighted by Crippen LogP contribution is -2.38. The molecule has 5 rings (SSSR count). The van der Waals surface area contributed by atoms with Gasteiger partial charge in [0.25, 0.3) is 11.8 Å². The van der Waals surface area contributed by atoms with Crippen LogP contribution >= 0.6 is 11.3 Å². The highest BCUT2D eigenvalue weighted by Gasteiger charge is 2.12. The summed E-state index contributed by atoms with van der Waals surface area (Å²) in [6.07, 6.45) is 2.10. The van der Waals surface area contributed by atoms with E-state index in [0.29, 0.717) is 17.0 Å². The summed E-state index contributed by atoms with van der Waals surface area (Å²) in [6.45, 7) is 5.93. The molecule has 7 nitrogen and oxygen atoms in total. The van der Waals surface area contributed by atoms with Crippen molar-refractivity contribution in [1.82, 2.24) is 14.8 Å². The molecular formula is C27H28N4O3S. The van der Waals surface area contributed by atoms with E-state index >= 15 is 0 Å². The number of carbonyl (C=O) groups is 2. The Morgan fingerprint density at radius 3 is 2.54 bits per heavy atom. The number of morpholine rings is 1. The van der Waals surface area contributed by atoms with Crippen molar-refractivity contribution < 1.29 is 14.3 Å². The fourth-order valence-electron chi connectivity index (χ4n) is 4.20. The molecule has 2 amide bonds. The molecule has 35 heavy (non-hydrogen) atoms. The molecular weight excluding hydrogens is 460 g/mol. The van der Waals surface area contributed by atoms with Gasteiger partial charge in [-0.15, -0.1) is 11.3 Å². The second kappa shape index (κ2) is 10.9. The van der Waals surface area contributed by atoms with E-state index < -0.39 is 0 Å². The van der Waals surface area contributed by atoms with Gasteiger partial charge in [-0.2, -0.15) is 0 Å². The van der Waals surface area contributed by atoms with E-state index in [4.69, 9.17) is 4.74 Å². The van der Waals surface area contributed by atoms with Crippen molar-refractivity contribution in [2.45, 2.75) is 13.1 Å². The average molecular weight is 489 g/mol. The molecule has 1 saturated heterocycles. The van der Waals surface area contributed by atoms with Crippen LogP contribution in [0.5, 0.6) is 0 Å². The van der Waals surface area contributed by atoms with Crippen LogP contribution in [0.15, 0.2) is 72.2 Å². The second-order valence-electron chi connectivity index (χ2n) is 8.55. The highest BCUT2D eigenvalue weighted by Crippen LogP contribution is 2.21. The highest BCUT2D eigenvalue weighted by atomic mass is 32.1. The molecule has 1 aliphatic heterocycles. The van der Waals surface area contributed by atoms with Crippen LogP contribution in [0.4, 0.5) is 5.69 Å². The normalized spacial score (nSPS) is 14.2. The number of nitrogens with one attached hydrogen (secondary N) is 2. The van der Waals surface area contributed by atoms with Crippen molar-refractivity contribution in [3.8, 4) is 0 Å². The molecule has 0 saturated carbocycles. The molecule has 0 bridgehead atoms. The minimum Gasteiger partial charge on any atom is -0.379 e. The largest absolute Gasteiger partial charge is 0.379 e. The minimum atomic E-state index is -0.162. The number of thiophene rings is 1. The summed E-state index contributed by atoms with van der Waals surface area (Å²) >= 11 is 1.41. The van der Waals surface area contributed by atoms with Gasteiger partial charge in [-0.3, -0.25) is 14.5 Å². The van der Waals surface area contributed by atoms with Crippen LogP contribution in [0, 0.1) is 0 Å². The maximum absolute atomic E-state index is 12.8. The van der Waals surface area contributed by atoms with Gasteiger partial charge in [0.15, 0.2) is 0 Å². The predicted octanol–water partition coefficient (Wildman–Crippen LogP) is 4.22. The van der Waals surface area contributed by atoms with Gasteiger partial charge in [0, 0.05) is 61.1 Å². The number of nitrogens with zero attached hydrogens (tertiary/aromatic N) is 2. The quantitative estimate of drug-likeness (QED) is 0.390. The fourth-order valence-corrected chi connectivity index (χ4v) is 4.84. The monoisotopic (exact) mass is 488 g/mol. The second-order valence-corrected chi connectivity index (χ2v) is 9.50. The number of anilines is 1. The van der Waals surface area contributed by atoms with Gasteiger partial charge in [-0.25, -0.2) is 0 Å². The molecule has 0 aliphatic carbocycles. The maximum atomic E-state index is 12.8. The zero-order chi connectivity index (χ0) is 24.0. The maximum Gasteiger partial charge on any atom is 0.261 e. The summed E-state index contributed by atoms with van der Waals surface area (Å²) in [6, 6.07) is 19.0. The number of amides is 2. The van der Waals surface area contributed by atoms with Gasteiger partial charge in [0.05, 0.1) is 18.1 Å². The first-order chi connectivity index (χ1) is 17.2. The fraction of sp³-hybridized carbons (Fsp3) is 0.259. The highest BCUT2D eigenvalue weighted by molar-refractivity contribution is 7.12. The van der Waals surface area contributed by atoms with Gasteiger partial charge in [-0.1, -0.05) is 18.2 Å². The van der Waals surface area contributed by atoms with E-state index in [1.807, 2.05) is 35.7 Å². The molecule has 0 atom stereocenters. The summed E-state index contributed by atoms with van der Waals surface area (Å²) in [5.41, 5.74) is 3.43. The lowest BCUT2D eigenvalue weighted by molar-refractivity contribution is 0.0365. The van der Waals surface area contributed by atoms with Crippen molar-refractivity contribution >= 4 is 39.7 Å². The summed E-state index contributed by atoms with van der Waals surface area (Å²) < 4.78 is 7.68. The average Bonchev–Trinajstić information content (AvgIpc) is 3.57. The number of carbonyl (C=O) groups excluding carboxylic acids is 2. The number of benzene rings is 2. The number of hydrogen-bond acceptors (Lipinski definition) is 5. The molecule has 180 valence electrons. The third kappa shape index (κ3) is 5.79. The molecule has 0 spiro atoms. The predicted molar refractivity (Wildman–Crippen MR) is 139 cm³/mol. The number of aromatic nitrogens is 1. The molecule has 2 aromatic heterocycles. The Kier molecular flexibility index (Phi) is 7.23. The smallest absolute Gasteiger partial charge is 0.261 e. The van der Waals surface area contributed by atoms with Crippen molar-refractivity contribution in [1.29, 1.82) is 0 Å². The van der Waals surface area contributed by atoms with Gasteiger partial charge >= 0.3 is 0 Å². The number of hydrogen-bond donors (Lipinski definition) is 2. The lowest BCUT2D eigenvalue weighted by atomic mass is 10.1. The zero-order valence-electron chi connectivity index (χ0n) is 19.4. The van der Waals surface area contributed by atoms with Crippen LogP contribution < -0.4 is 10.6 Å². The Balaban J connectivity index is 1.16. The summed E-state index contributed by atoms with van der Waals surface area (Å²) in [5, 5.41) is 8.87. The van der Waals surface area contributed by atoms with Crippen LogP contribution in [0.2, 0.25) is 0 Å². The molecule has 2 aromatic carbocycles. The molecule has 1 fully saturated rings. The van der Waals surface area contributed by atoms with E-state index in [9.17, 15) is 9.59 Å². The SMILES string of the molecule is O=C(Nc1ccc2c(ccn2CCN2CCOCC2)c1)c1ccc(CNC(=O)c2cccs2)cc1. The van der Waals surface area contributed by atoms with Crippen molar-refractivity contribution in [2.24, 2.45) is 0 Å². The number of rotatable bonds is 8. The van der Waals surface area contributed by atoms with E-state index in [1.165, 1.54) is 11.3 Å². The molecule has 0 unspecified atom stereocenters. The minimum absolute atomic E-state index is 0.0906. The third-order valence-electron chi connectivity index (χ3n) is 6.20. The summed E-state index contributed by atoms with van der Waals surface area (Å²) in [5.74, 6) is -0.252. The Labute approximate surface area is 208 Å². The molecule has 3 heterocycles. The van der Waals surface area contributed by atoms with Crippen LogP contribution in [-0.4, -0.2) is 54.1 Å². The Hall–Kier alpha value is -3.46. The summed E-state index contributed by atoms with van der Waals surface area (Å²) in [4.78, 5) is 28.0. The van der Waals surface area contributed by atoms with Gasteiger partial charge in [-0.05, 0) is 53.4 Å². The number of ether oxygens (including phenoxy) is 1. The lowest BCUT2D eigenvalue weighted by Gasteiger charge is -2.26. The molecule has 4 aromatic rings. The van der Waals surface area contributed by atoms with Crippen molar-refractivity contribution in [3.05, 3.63) is 88.2 Å². The van der Waals surface area contributed by atoms with Crippen LogP contribution in [0.25, 0.3) is 10.9 Å². The first-order valence-electron chi connectivity index (χ1n) is 11.8. The molecule has 1 aliphatic rings. The van der Waals surface area contributed by atoms with Crippen LogP contribution in [0.3, 0.4) is 0 Å². The molecule has 8 heteroatoms.